The van der Waals surface area contributed by atoms with Crippen molar-refractivity contribution in [3.63, 3.8) is 0 Å². The minimum absolute atomic E-state index is 0.0724. The molecule has 3 atom stereocenters. The number of carbonyl (C=O) groups is 9. The number of carboxylic acids is 1. The van der Waals surface area contributed by atoms with Gasteiger partial charge in [0.15, 0.2) is 0 Å². The van der Waals surface area contributed by atoms with Crippen molar-refractivity contribution in [1.29, 1.82) is 0 Å². The number of nitrogens with one attached hydrogen (secondary N) is 8. The van der Waals surface area contributed by atoms with Crippen LogP contribution in [0.2, 0.25) is 0 Å². The van der Waals surface area contributed by atoms with Gasteiger partial charge in [0, 0.05) is 32.4 Å². The molecule has 53 heavy (non-hydrogen) atoms. The second-order valence-corrected chi connectivity index (χ2v) is 13.2. The summed E-state index contributed by atoms with van der Waals surface area (Å²) in [4.78, 5) is 110. The van der Waals surface area contributed by atoms with Crippen LogP contribution >= 0.6 is 0 Å². The molecule has 3 unspecified atom stereocenters. The van der Waals surface area contributed by atoms with Crippen molar-refractivity contribution in [1.82, 2.24) is 42.5 Å². The Morgan fingerprint density at radius 1 is 0.642 bits per heavy atom. The number of hydrogen-bond acceptors (Lipinski definition) is 10. The summed E-state index contributed by atoms with van der Waals surface area (Å²) in [7, 11) is 0. The average Bonchev–Trinajstić information content (AvgIpc) is 3.06. The molecule has 0 aliphatic heterocycles. The van der Waals surface area contributed by atoms with Crippen LogP contribution in [-0.4, -0.2) is 115 Å². The smallest absolute Gasteiger partial charge is 0.408 e. The Balaban J connectivity index is 2.70. The van der Waals surface area contributed by atoms with Crippen LogP contribution in [-0.2, 0) is 49.5 Å². The normalized spacial score (nSPS) is 12.5. The second kappa shape index (κ2) is 22.9. The van der Waals surface area contributed by atoms with Crippen LogP contribution in [0.3, 0.4) is 0 Å². The summed E-state index contributed by atoms with van der Waals surface area (Å²) in [5.41, 5.74) is -0.0532. The van der Waals surface area contributed by atoms with Gasteiger partial charge in [0.25, 0.3) is 0 Å². The molecule has 0 aromatic heterocycles. The predicted molar refractivity (Wildman–Crippen MR) is 190 cm³/mol. The summed E-state index contributed by atoms with van der Waals surface area (Å²) < 4.78 is 5.12. The van der Waals surface area contributed by atoms with Crippen LogP contribution in [0.15, 0.2) is 30.3 Å². The van der Waals surface area contributed by atoms with Crippen LogP contribution in [0.5, 0.6) is 0 Å². The summed E-state index contributed by atoms with van der Waals surface area (Å²) >= 11 is 0. The van der Waals surface area contributed by atoms with Gasteiger partial charge in [-0.05, 0) is 39.2 Å². The first kappa shape index (κ1) is 45.3. The largest absolute Gasteiger partial charge is 0.480 e. The summed E-state index contributed by atoms with van der Waals surface area (Å²) in [6.45, 7) is 8.12. The molecule has 1 aromatic rings. The zero-order chi connectivity index (χ0) is 40.1. The summed E-state index contributed by atoms with van der Waals surface area (Å²) in [6.07, 6.45) is -1.09. The quantitative estimate of drug-likeness (QED) is 0.0677. The Morgan fingerprint density at radius 2 is 1.21 bits per heavy atom. The highest BCUT2D eigenvalue weighted by Crippen LogP contribution is 2.08. The first-order chi connectivity index (χ1) is 24.8. The van der Waals surface area contributed by atoms with Gasteiger partial charge in [0.05, 0.1) is 13.1 Å². The third kappa shape index (κ3) is 20.6. The summed E-state index contributed by atoms with van der Waals surface area (Å²) in [6, 6.07) is 5.60. The van der Waals surface area contributed by atoms with Gasteiger partial charge >= 0.3 is 12.1 Å². The van der Waals surface area contributed by atoms with Crippen molar-refractivity contribution in [2.24, 2.45) is 5.92 Å². The highest BCUT2D eigenvalue weighted by molar-refractivity contribution is 5.94. The molecule has 0 aliphatic rings. The molecule has 0 aliphatic carbocycles. The van der Waals surface area contributed by atoms with Crippen LogP contribution in [0, 0.1) is 5.92 Å². The first-order valence-corrected chi connectivity index (χ1v) is 17.0. The van der Waals surface area contributed by atoms with E-state index in [4.69, 9.17) is 9.84 Å². The van der Waals surface area contributed by atoms with E-state index in [0.717, 1.165) is 5.56 Å². The van der Waals surface area contributed by atoms with Gasteiger partial charge in [-0.3, -0.25) is 38.4 Å². The molecule has 0 saturated carbocycles. The molecule has 0 saturated heterocycles. The highest BCUT2D eigenvalue weighted by atomic mass is 16.6. The summed E-state index contributed by atoms with van der Waals surface area (Å²) in [5.74, 6) is -5.99. The Hall–Kier alpha value is -5.75. The first-order valence-electron chi connectivity index (χ1n) is 17.0. The SMILES string of the molecule is CC(NC(=O)OC(C)(C)C)C(=O)NCC(=O)NC(C(=O)NC(Cc1ccccc1)C(=O)NCCC(=O)NCC(=O)NCCC(=O)NCC(=O)O)C(C)C. The van der Waals surface area contributed by atoms with Crippen LogP contribution < -0.4 is 42.5 Å². The van der Waals surface area contributed by atoms with E-state index in [1.54, 1.807) is 65.0 Å². The monoisotopic (exact) mass is 748 g/mol. The molecule has 0 fully saturated rings. The van der Waals surface area contributed by atoms with Crippen molar-refractivity contribution >= 4 is 53.4 Å². The van der Waals surface area contributed by atoms with Crippen LogP contribution in [0.25, 0.3) is 0 Å². The predicted octanol–water partition coefficient (Wildman–Crippen LogP) is -1.79. The Labute approximate surface area is 307 Å². The van der Waals surface area contributed by atoms with E-state index in [1.165, 1.54) is 6.92 Å². The number of rotatable bonds is 21. The van der Waals surface area contributed by atoms with Crippen molar-refractivity contribution < 1.29 is 53.0 Å². The molecule has 19 heteroatoms. The number of alkyl carbamates (subject to hydrolysis) is 1. The Kier molecular flexibility index (Phi) is 19.6. The Bertz CT molecular complexity index is 1450. The van der Waals surface area contributed by atoms with Gasteiger partial charge in [0.1, 0.15) is 30.3 Å². The lowest BCUT2D eigenvalue weighted by Crippen LogP contribution is -2.57. The molecule has 9 N–H and O–H groups in total. The fourth-order valence-electron chi connectivity index (χ4n) is 4.28. The molecule has 0 radical (unpaired) electrons. The third-order valence-corrected chi connectivity index (χ3v) is 6.94. The zero-order valence-electron chi connectivity index (χ0n) is 30.9. The maximum absolute atomic E-state index is 13.4. The lowest BCUT2D eigenvalue weighted by atomic mass is 10.0. The van der Waals surface area contributed by atoms with Gasteiger partial charge < -0.3 is 52.4 Å². The molecule has 294 valence electrons. The lowest BCUT2D eigenvalue weighted by molar-refractivity contribution is -0.138. The second-order valence-electron chi connectivity index (χ2n) is 13.2. The number of benzene rings is 1. The zero-order valence-corrected chi connectivity index (χ0v) is 30.9. The molecular formula is C34H52N8O11. The van der Waals surface area contributed by atoms with Crippen molar-refractivity contribution in [2.75, 3.05) is 32.7 Å². The molecular weight excluding hydrogens is 696 g/mol. The van der Waals surface area contributed by atoms with Crippen LogP contribution in [0.1, 0.15) is 59.9 Å². The van der Waals surface area contributed by atoms with E-state index in [9.17, 15) is 43.2 Å². The molecule has 8 amide bonds. The number of aliphatic carboxylic acids is 1. The number of ether oxygens (including phenoxy) is 1. The molecule has 0 heterocycles. The molecule has 0 bridgehead atoms. The van der Waals surface area contributed by atoms with E-state index in [0.29, 0.717) is 0 Å². The summed E-state index contributed by atoms with van der Waals surface area (Å²) in [5, 5.41) is 28.1. The lowest BCUT2D eigenvalue weighted by Gasteiger charge is -2.25. The van der Waals surface area contributed by atoms with Crippen LogP contribution in [0.4, 0.5) is 4.79 Å². The minimum Gasteiger partial charge on any atom is -0.480 e. The number of hydrogen-bond donors (Lipinski definition) is 9. The minimum atomic E-state index is -1.21. The van der Waals surface area contributed by atoms with Gasteiger partial charge in [0.2, 0.25) is 41.4 Å². The molecule has 0 spiro atoms. The van der Waals surface area contributed by atoms with Gasteiger partial charge in [-0.1, -0.05) is 44.2 Å². The van der Waals surface area contributed by atoms with Gasteiger partial charge in [-0.25, -0.2) is 4.79 Å². The van der Waals surface area contributed by atoms with Crippen molar-refractivity contribution in [3.8, 4) is 0 Å². The fraction of sp³-hybridized carbons (Fsp3) is 0.559. The van der Waals surface area contributed by atoms with E-state index in [1.807, 2.05) is 0 Å². The van der Waals surface area contributed by atoms with E-state index >= 15 is 0 Å². The topological polar surface area (TPSA) is 279 Å². The van der Waals surface area contributed by atoms with Crippen molar-refractivity contribution in [3.05, 3.63) is 35.9 Å². The number of carbonyl (C=O) groups excluding carboxylic acids is 8. The average molecular weight is 749 g/mol. The van der Waals surface area contributed by atoms with E-state index in [2.05, 4.69) is 42.5 Å². The van der Waals surface area contributed by atoms with Crippen molar-refractivity contribution in [2.45, 2.75) is 84.5 Å². The maximum atomic E-state index is 13.4. The molecule has 19 nitrogen and oxygen atoms in total. The van der Waals surface area contributed by atoms with E-state index < -0.39 is 103 Å². The highest BCUT2D eigenvalue weighted by Gasteiger charge is 2.29. The van der Waals surface area contributed by atoms with E-state index in [-0.39, 0.29) is 32.4 Å². The fourth-order valence-corrected chi connectivity index (χ4v) is 4.28. The molecule has 1 rings (SSSR count). The molecule has 1 aromatic carbocycles. The maximum Gasteiger partial charge on any atom is 0.408 e. The van der Waals surface area contributed by atoms with Gasteiger partial charge in [-0.2, -0.15) is 0 Å². The third-order valence-electron chi connectivity index (χ3n) is 6.94. The Morgan fingerprint density at radius 3 is 1.77 bits per heavy atom. The number of carboxylic acid groups (broad SMARTS) is 1. The standard InChI is InChI=1S/C34H52N8O11/c1-20(2)29(42-27(46)18-39-30(49)21(3)40-33(52)53-34(4,5)6)32(51)41-23(16-22-10-8-7-9-11-22)31(50)36-15-13-24(43)37-17-26(45)35-14-12-25(44)38-19-28(47)48/h7-11,20-21,23,29H,12-19H2,1-6H3,(H,35,45)(H,36,50)(H,37,43)(H,38,44)(H,39,49)(H,40,52)(H,41,51)(H,42,46)(H,47,48). The van der Waals surface area contributed by atoms with Gasteiger partial charge in [-0.15, -0.1) is 0 Å². The number of amides is 8.